The van der Waals surface area contributed by atoms with Gasteiger partial charge in [-0.3, -0.25) is 4.79 Å². The maximum absolute atomic E-state index is 11.8. The first-order valence-corrected chi connectivity index (χ1v) is 6.30. The average molecular weight is 232 g/mol. The molecule has 2 rings (SSSR count). The lowest BCUT2D eigenvalue weighted by atomic mass is 9.83. The van der Waals surface area contributed by atoms with Gasteiger partial charge in [-0.15, -0.1) is 0 Å². The Morgan fingerprint density at radius 1 is 1.47 bits per heavy atom. The maximum atomic E-state index is 11.8. The zero-order valence-corrected chi connectivity index (χ0v) is 10.3. The molecular formula is C14H20N2O. The number of nitrogens with one attached hydrogen (secondary N) is 1. The fraction of sp³-hybridized carbons (Fsp3) is 0.500. The molecule has 1 atom stereocenters. The average Bonchev–Trinajstić information content (AvgIpc) is 2.24. The fourth-order valence-electron chi connectivity index (χ4n) is 2.24. The summed E-state index contributed by atoms with van der Waals surface area (Å²) in [6, 6.07) is 7.67. The number of nitrogen functional groups attached to an aromatic ring is 1. The third-order valence-corrected chi connectivity index (χ3v) is 3.54. The van der Waals surface area contributed by atoms with Crippen LogP contribution in [0, 0.1) is 5.92 Å². The molecular weight excluding hydrogens is 212 g/mol. The van der Waals surface area contributed by atoms with Crippen LogP contribution in [-0.4, -0.2) is 5.91 Å². The quantitative estimate of drug-likeness (QED) is 0.784. The van der Waals surface area contributed by atoms with Gasteiger partial charge < -0.3 is 11.1 Å². The second kappa shape index (κ2) is 5.21. The van der Waals surface area contributed by atoms with Crippen molar-refractivity contribution in [3.63, 3.8) is 0 Å². The molecule has 3 nitrogen and oxygen atoms in total. The molecule has 1 fully saturated rings. The van der Waals surface area contributed by atoms with Crippen LogP contribution in [0.15, 0.2) is 24.3 Å². The Bertz CT molecular complexity index is 399. The van der Waals surface area contributed by atoms with E-state index in [-0.39, 0.29) is 11.9 Å². The topological polar surface area (TPSA) is 55.1 Å². The molecule has 1 saturated carbocycles. The third-order valence-electron chi connectivity index (χ3n) is 3.54. The van der Waals surface area contributed by atoms with Gasteiger partial charge in [-0.25, -0.2) is 0 Å². The zero-order valence-electron chi connectivity index (χ0n) is 10.3. The molecule has 92 valence electrons. The van der Waals surface area contributed by atoms with E-state index in [4.69, 9.17) is 5.73 Å². The highest BCUT2D eigenvalue weighted by Gasteiger charge is 2.21. The van der Waals surface area contributed by atoms with E-state index in [0.717, 1.165) is 11.3 Å². The largest absolute Gasteiger partial charge is 0.398 e. The van der Waals surface area contributed by atoms with Gasteiger partial charge in [0.05, 0.1) is 6.04 Å². The van der Waals surface area contributed by atoms with Crippen molar-refractivity contribution in [1.82, 2.24) is 5.32 Å². The third kappa shape index (κ3) is 2.99. The maximum Gasteiger partial charge on any atom is 0.220 e. The molecule has 1 aromatic rings. The van der Waals surface area contributed by atoms with Crippen molar-refractivity contribution >= 4 is 11.6 Å². The lowest BCUT2D eigenvalue weighted by Gasteiger charge is -2.25. The summed E-state index contributed by atoms with van der Waals surface area (Å²) in [6.07, 6.45) is 4.35. The van der Waals surface area contributed by atoms with Crippen LogP contribution in [0.2, 0.25) is 0 Å². The molecule has 3 N–H and O–H groups in total. The fourth-order valence-corrected chi connectivity index (χ4v) is 2.24. The van der Waals surface area contributed by atoms with E-state index >= 15 is 0 Å². The second-order valence-electron chi connectivity index (χ2n) is 4.92. The normalized spacial score (nSPS) is 17.2. The van der Waals surface area contributed by atoms with Crippen LogP contribution in [0.4, 0.5) is 5.69 Å². The highest BCUT2D eigenvalue weighted by atomic mass is 16.1. The molecule has 0 bridgehead atoms. The number of rotatable bonds is 4. The predicted octanol–water partition coefficient (Wildman–Crippen LogP) is 2.64. The second-order valence-corrected chi connectivity index (χ2v) is 4.92. The number of carbonyl (C=O) groups excluding carboxylic acids is 1. The smallest absolute Gasteiger partial charge is 0.220 e. The molecule has 0 heterocycles. The standard InChI is InChI=1S/C14H20N2O/c1-10(12-7-2-3-8-13(12)15)16-14(17)9-11-5-4-6-11/h2-3,7-8,10-11H,4-6,9,15H2,1H3,(H,16,17). The van der Waals surface area contributed by atoms with E-state index in [9.17, 15) is 4.79 Å². The van der Waals surface area contributed by atoms with Gasteiger partial charge in [-0.1, -0.05) is 24.6 Å². The molecule has 17 heavy (non-hydrogen) atoms. The van der Waals surface area contributed by atoms with Crippen molar-refractivity contribution in [2.24, 2.45) is 5.92 Å². The number of benzene rings is 1. The van der Waals surface area contributed by atoms with Crippen LogP contribution in [-0.2, 0) is 4.79 Å². The molecule has 1 amide bonds. The molecule has 0 aliphatic heterocycles. The van der Waals surface area contributed by atoms with Gasteiger partial charge in [-0.05, 0) is 37.3 Å². The monoisotopic (exact) mass is 232 g/mol. The van der Waals surface area contributed by atoms with Crippen LogP contribution in [0.1, 0.15) is 44.2 Å². The van der Waals surface area contributed by atoms with Gasteiger partial charge in [0.1, 0.15) is 0 Å². The number of carbonyl (C=O) groups is 1. The Balaban J connectivity index is 1.89. The van der Waals surface area contributed by atoms with Crippen molar-refractivity contribution in [3.05, 3.63) is 29.8 Å². The first-order valence-electron chi connectivity index (χ1n) is 6.30. The first-order chi connectivity index (χ1) is 8.16. The SMILES string of the molecule is CC(NC(=O)CC1CCC1)c1ccccc1N. The molecule has 0 aromatic heterocycles. The van der Waals surface area contributed by atoms with E-state index in [2.05, 4.69) is 5.32 Å². The summed E-state index contributed by atoms with van der Waals surface area (Å²) in [5, 5.41) is 3.02. The van der Waals surface area contributed by atoms with Gasteiger partial charge in [0.25, 0.3) is 0 Å². The summed E-state index contributed by atoms with van der Waals surface area (Å²) < 4.78 is 0. The van der Waals surface area contributed by atoms with Crippen LogP contribution in [0.3, 0.4) is 0 Å². The van der Waals surface area contributed by atoms with Crippen LogP contribution in [0.5, 0.6) is 0 Å². The molecule has 3 heteroatoms. The van der Waals surface area contributed by atoms with E-state index < -0.39 is 0 Å². The number of hydrogen-bond donors (Lipinski definition) is 2. The van der Waals surface area contributed by atoms with Crippen LogP contribution in [0.25, 0.3) is 0 Å². The number of hydrogen-bond acceptors (Lipinski definition) is 2. The highest BCUT2D eigenvalue weighted by Crippen LogP contribution is 2.29. The minimum Gasteiger partial charge on any atom is -0.398 e. The minimum absolute atomic E-state index is 0.0104. The molecule has 1 aliphatic carbocycles. The summed E-state index contributed by atoms with van der Waals surface area (Å²) in [4.78, 5) is 11.8. The Hall–Kier alpha value is -1.51. The Kier molecular flexibility index (Phi) is 3.67. The van der Waals surface area contributed by atoms with Gasteiger partial charge in [-0.2, -0.15) is 0 Å². The van der Waals surface area contributed by atoms with E-state index in [0.29, 0.717) is 12.3 Å². The van der Waals surface area contributed by atoms with Gasteiger partial charge in [0.15, 0.2) is 0 Å². The van der Waals surface area contributed by atoms with Crippen LogP contribution >= 0.6 is 0 Å². The van der Waals surface area contributed by atoms with Crippen molar-refractivity contribution < 1.29 is 4.79 Å². The number of para-hydroxylation sites is 1. The first kappa shape index (κ1) is 12.0. The lowest BCUT2D eigenvalue weighted by Crippen LogP contribution is -2.30. The zero-order chi connectivity index (χ0) is 12.3. The Labute approximate surface area is 102 Å². The van der Waals surface area contributed by atoms with E-state index in [1.807, 2.05) is 31.2 Å². The molecule has 1 aliphatic rings. The van der Waals surface area contributed by atoms with Crippen molar-refractivity contribution in [1.29, 1.82) is 0 Å². The summed E-state index contributed by atoms with van der Waals surface area (Å²) in [5.74, 6) is 0.751. The van der Waals surface area contributed by atoms with Crippen LogP contribution < -0.4 is 11.1 Å². The summed E-state index contributed by atoms with van der Waals surface area (Å²) in [7, 11) is 0. The molecule has 0 spiro atoms. The van der Waals surface area contributed by atoms with Crippen molar-refractivity contribution in [2.45, 2.75) is 38.6 Å². The summed E-state index contributed by atoms with van der Waals surface area (Å²) in [5.41, 5.74) is 7.62. The number of anilines is 1. The summed E-state index contributed by atoms with van der Waals surface area (Å²) in [6.45, 7) is 1.98. The van der Waals surface area contributed by atoms with Crippen molar-refractivity contribution in [2.75, 3.05) is 5.73 Å². The van der Waals surface area contributed by atoms with Gasteiger partial charge >= 0.3 is 0 Å². The molecule has 0 saturated heterocycles. The van der Waals surface area contributed by atoms with Gasteiger partial charge in [0, 0.05) is 12.1 Å². The lowest BCUT2D eigenvalue weighted by molar-refractivity contribution is -0.123. The summed E-state index contributed by atoms with van der Waals surface area (Å²) >= 11 is 0. The molecule has 1 unspecified atom stereocenters. The van der Waals surface area contributed by atoms with Gasteiger partial charge in [0.2, 0.25) is 5.91 Å². The predicted molar refractivity (Wildman–Crippen MR) is 69.4 cm³/mol. The van der Waals surface area contributed by atoms with E-state index in [1.54, 1.807) is 0 Å². The Morgan fingerprint density at radius 2 is 2.18 bits per heavy atom. The molecule has 1 aromatic carbocycles. The van der Waals surface area contributed by atoms with Crippen molar-refractivity contribution in [3.8, 4) is 0 Å². The van der Waals surface area contributed by atoms with E-state index in [1.165, 1.54) is 19.3 Å². The molecule has 0 radical (unpaired) electrons. The number of amides is 1. The number of nitrogens with two attached hydrogens (primary N) is 1. The minimum atomic E-state index is -0.0104. The Morgan fingerprint density at radius 3 is 2.76 bits per heavy atom. The highest BCUT2D eigenvalue weighted by molar-refractivity contribution is 5.77.